The number of rotatable bonds is 4. The molecule has 4 nitrogen and oxygen atoms in total. The van der Waals surface area contributed by atoms with E-state index in [2.05, 4.69) is 9.97 Å². The van der Waals surface area contributed by atoms with Gasteiger partial charge in [-0.25, -0.2) is 0 Å². The lowest BCUT2D eigenvalue weighted by Crippen LogP contribution is -2.00. The molecule has 0 bridgehead atoms. The summed E-state index contributed by atoms with van der Waals surface area (Å²) in [5.74, 6) is 0.809. The number of halogens is 1. The van der Waals surface area contributed by atoms with Crippen molar-refractivity contribution in [3.63, 3.8) is 0 Å². The number of hydrogen-bond donors (Lipinski definition) is 0. The number of ether oxygens (including phenoxy) is 2. The SMILES string of the molecule is CCOc1cc(CCl)nc(OC)n1. The molecule has 72 valence electrons. The lowest BCUT2D eigenvalue weighted by Gasteiger charge is -2.05. The normalized spacial score (nSPS) is 9.77. The highest BCUT2D eigenvalue weighted by atomic mass is 35.5. The first-order valence-electron chi connectivity index (χ1n) is 3.90. The highest BCUT2D eigenvalue weighted by molar-refractivity contribution is 6.16. The Labute approximate surface area is 81.9 Å². The molecule has 0 aliphatic carbocycles. The maximum Gasteiger partial charge on any atom is 0.319 e. The predicted octanol–water partition coefficient (Wildman–Crippen LogP) is 1.62. The molecule has 0 unspecified atom stereocenters. The van der Waals surface area contributed by atoms with E-state index >= 15 is 0 Å². The van der Waals surface area contributed by atoms with Crippen molar-refractivity contribution in [3.8, 4) is 11.9 Å². The lowest BCUT2D eigenvalue weighted by atomic mass is 10.4. The van der Waals surface area contributed by atoms with E-state index in [4.69, 9.17) is 21.1 Å². The van der Waals surface area contributed by atoms with Gasteiger partial charge in [-0.3, -0.25) is 0 Å². The van der Waals surface area contributed by atoms with E-state index in [9.17, 15) is 0 Å². The largest absolute Gasteiger partial charge is 0.478 e. The van der Waals surface area contributed by atoms with Crippen LogP contribution in [-0.2, 0) is 5.88 Å². The van der Waals surface area contributed by atoms with Crippen LogP contribution in [0.2, 0.25) is 0 Å². The number of hydrogen-bond acceptors (Lipinski definition) is 4. The number of nitrogens with zero attached hydrogens (tertiary/aromatic N) is 2. The Morgan fingerprint density at radius 1 is 1.46 bits per heavy atom. The van der Waals surface area contributed by atoms with E-state index in [1.165, 1.54) is 7.11 Å². The smallest absolute Gasteiger partial charge is 0.319 e. The van der Waals surface area contributed by atoms with Crippen molar-refractivity contribution in [2.45, 2.75) is 12.8 Å². The molecule has 5 heteroatoms. The Balaban J connectivity index is 2.93. The van der Waals surface area contributed by atoms with Gasteiger partial charge in [-0.1, -0.05) is 0 Å². The van der Waals surface area contributed by atoms with Gasteiger partial charge in [0.1, 0.15) is 0 Å². The van der Waals surface area contributed by atoms with E-state index in [1.54, 1.807) is 6.07 Å². The molecule has 0 aromatic carbocycles. The standard InChI is InChI=1S/C8H11ClN2O2/c1-3-13-7-4-6(5-9)10-8(11-7)12-2/h4H,3,5H2,1-2H3. The molecule has 0 saturated heterocycles. The quantitative estimate of drug-likeness (QED) is 0.696. The number of alkyl halides is 1. The fourth-order valence-electron chi connectivity index (χ4n) is 0.831. The Morgan fingerprint density at radius 2 is 2.23 bits per heavy atom. The summed E-state index contributed by atoms with van der Waals surface area (Å²) >= 11 is 5.63. The fourth-order valence-corrected chi connectivity index (χ4v) is 0.968. The summed E-state index contributed by atoms with van der Waals surface area (Å²) in [7, 11) is 1.50. The molecule has 1 rings (SSSR count). The van der Waals surface area contributed by atoms with Crippen molar-refractivity contribution in [3.05, 3.63) is 11.8 Å². The molecule has 1 aromatic rings. The molecule has 13 heavy (non-hydrogen) atoms. The number of aromatic nitrogens is 2. The van der Waals surface area contributed by atoms with E-state index < -0.39 is 0 Å². The lowest BCUT2D eigenvalue weighted by molar-refractivity contribution is 0.310. The van der Waals surface area contributed by atoms with E-state index in [-0.39, 0.29) is 6.01 Å². The molecule has 0 N–H and O–H groups in total. The molecule has 0 amide bonds. The Bertz CT molecular complexity index is 259. The third-order valence-electron chi connectivity index (χ3n) is 1.35. The zero-order valence-electron chi connectivity index (χ0n) is 7.58. The zero-order chi connectivity index (χ0) is 9.68. The first-order chi connectivity index (χ1) is 6.30. The minimum absolute atomic E-state index is 0.279. The molecule has 0 fully saturated rings. The van der Waals surface area contributed by atoms with Gasteiger partial charge in [0, 0.05) is 6.07 Å². The van der Waals surface area contributed by atoms with Crippen molar-refractivity contribution >= 4 is 11.6 Å². The first-order valence-corrected chi connectivity index (χ1v) is 4.44. The second-order valence-corrected chi connectivity index (χ2v) is 2.52. The van der Waals surface area contributed by atoms with E-state index in [0.717, 1.165) is 0 Å². The molecule has 0 saturated carbocycles. The molecular weight excluding hydrogens is 192 g/mol. The van der Waals surface area contributed by atoms with Gasteiger partial charge in [-0.2, -0.15) is 9.97 Å². The van der Waals surface area contributed by atoms with Crippen molar-refractivity contribution in [1.82, 2.24) is 9.97 Å². The second-order valence-electron chi connectivity index (χ2n) is 2.25. The van der Waals surface area contributed by atoms with Crippen molar-refractivity contribution in [2.75, 3.05) is 13.7 Å². The van der Waals surface area contributed by atoms with Gasteiger partial charge in [0.15, 0.2) is 0 Å². The van der Waals surface area contributed by atoms with Crippen molar-refractivity contribution < 1.29 is 9.47 Å². The summed E-state index contributed by atoms with van der Waals surface area (Å²) in [5.41, 5.74) is 0.692. The van der Waals surface area contributed by atoms with Gasteiger partial charge in [0.2, 0.25) is 5.88 Å². The van der Waals surface area contributed by atoms with Crippen LogP contribution in [-0.4, -0.2) is 23.7 Å². The van der Waals surface area contributed by atoms with Crippen LogP contribution in [0.1, 0.15) is 12.6 Å². The van der Waals surface area contributed by atoms with Gasteiger partial charge in [-0.05, 0) is 6.92 Å². The molecule has 0 radical (unpaired) electrons. The van der Waals surface area contributed by atoms with Gasteiger partial charge in [0.25, 0.3) is 0 Å². The third kappa shape index (κ3) is 2.73. The average Bonchev–Trinajstić information content (AvgIpc) is 2.17. The summed E-state index contributed by atoms with van der Waals surface area (Å²) in [5, 5.41) is 0. The summed E-state index contributed by atoms with van der Waals surface area (Å²) in [6.45, 7) is 2.44. The molecule has 0 spiro atoms. The van der Waals surface area contributed by atoms with Crippen LogP contribution in [0.5, 0.6) is 11.9 Å². The first kappa shape index (κ1) is 10.1. The van der Waals surface area contributed by atoms with Gasteiger partial charge in [-0.15, -0.1) is 11.6 Å². The topological polar surface area (TPSA) is 44.2 Å². The Hall–Kier alpha value is -1.03. The maximum absolute atomic E-state index is 5.63. The molecule has 0 atom stereocenters. The molecule has 0 aliphatic heterocycles. The minimum Gasteiger partial charge on any atom is -0.478 e. The van der Waals surface area contributed by atoms with Crippen molar-refractivity contribution in [2.24, 2.45) is 0 Å². The molecular formula is C8H11ClN2O2. The summed E-state index contributed by atoms with van der Waals surface area (Å²) in [4.78, 5) is 7.98. The average molecular weight is 203 g/mol. The summed E-state index contributed by atoms with van der Waals surface area (Å²) < 4.78 is 10.1. The maximum atomic E-state index is 5.63. The Kier molecular flexibility index (Phi) is 3.76. The minimum atomic E-state index is 0.279. The van der Waals surface area contributed by atoms with Gasteiger partial charge >= 0.3 is 6.01 Å². The number of methoxy groups -OCH3 is 1. The fraction of sp³-hybridized carbons (Fsp3) is 0.500. The van der Waals surface area contributed by atoms with Crippen LogP contribution >= 0.6 is 11.6 Å². The highest BCUT2D eigenvalue weighted by Gasteiger charge is 2.03. The summed E-state index contributed by atoms with van der Waals surface area (Å²) in [6, 6.07) is 1.97. The summed E-state index contributed by atoms with van der Waals surface area (Å²) in [6.07, 6.45) is 0. The van der Waals surface area contributed by atoms with E-state index in [0.29, 0.717) is 24.1 Å². The predicted molar refractivity (Wildman–Crippen MR) is 49.3 cm³/mol. The van der Waals surface area contributed by atoms with Crippen LogP contribution < -0.4 is 9.47 Å². The van der Waals surface area contributed by atoms with Crippen LogP contribution in [0, 0.1) is 0 Å². The third-order valence-corrected chi connectivity index (χ3v) is 1.62. The molecule has 1 aromatic heterocycles. The van der Waals surface area contributed by atoms with Crippen LogP contribution in [0.15, 0.2) is 6.07 Å². The zero-order valence-corrected chi connectivity index (χ0v) is 8.34. The highest BCUT2D eigenvalue weighted by Crippen LogP contribution is 2.14. The molecule has 0 aliphatic rings. The van der Waals surface area contributed by atoms with Crippen LogP contribution in [0.3, 0.4) is 0 Å². The van der Waals surface area contributed by atoms with Crippen LogP contribution in [0.25, 0.3) is 0 Å². The monoisotopic (exact) mass is 202 g/mol. The van der Waals surface area contributed by atoms with Gasteiger partial charge < -0.3 is 9.47 Å². The van der Waals surface area contributed by atoms with E-state index in [1.807, 2.05) is 6.92 Å². The van der Waals surface area contributed by atoms with Crippen molar-refractivity contribution in [1.29, 1.82) is 0 Å². The second kappa shape index (κ2) is 4.87. The molecule has 1 heterocycles. The van der Waals surface area contributed by atoms with Gasteiger partial charge in [0.05, 0.1) is 25.3 Å². The Morgan fingerprint density at radius 3 is 2.77 bits per heavy atom. The van der Waals surface area contributed by atoms with Crippen LogP contribution in [0.4, 0.5) is 0 Å².